The maximum atomic E-state index is 12.0. The number of ether oxygens (including phenoxy) is 2. The van der Waals surface area contributed by atoms with Crippen LogP contribution in [0.4, 0.5) is 5.69 Å². The Balaban J connectivity index is 1.85. The smallest absolute Gasteiger partial charge is 0.329 e. The number of benzene rings is 1. The normalized spacial score (nSPS) is 18.3. The van der Waals surface area contributed by atoms with Crippen molar-refractivity contribution in [3.63, 3.8) is 0 Å². The molecule has 1 aliphatic heterocycles. The second-order valence-corrected chi connectivity index (χ2v) is 4.96. The highest BCUT2D eigenvalue weighted by Crippen LogP contribution is 2.16. The standard InChI is InChI=1S/C15H18N2O5/c1-9(22-15(20)12-7-8-13(18)17-12)14(19)16-10-3-5-11(21-2)6-4-10/h3-6,9,12H,7-8H2,1-2H3,(H,16,19)(H,17,18)/t9-,12+/m0/s1. The molecule has 0 unspecified atom stereocenters. The summed E-state index contributed by atoms with van der Waals surface area (Å²) in [4.78, 5) is 34.8. The Morgan fingerprint density at radius 3 is 2.55 bits per heavy atom. The second-order valence-electron chi connectivity index (χ2n) is 4.96. The molecule has 0 aliphatic carbocycles. The van der Waals surface area contributed by atoms with Crippen LogP contribution < -0.4 is 15.4 Å². The zero-order valence-corrected chi connectivity index (χ0v) is 12.4. The van der Waals surface area contributed by atoms with Gasteiger partial charge in [0.1, 0.15) is 11.8 Å². The monoisotopic (exact) mass is 306 g/mol. The molecule has 2 rings (SSSR count). The second kappa shape index (κ2) is 6.93. The van der Waals surface area contributed by atoms with E-state index in [0.29, 0.717) is 24.3 Å². The summed E-state index contributed by atoms with van der Waals surface area (Å²) in [5.41, 5.74) is 0.572. The van der Waals surface area contributed by atoms with E-state index in [1.165, 1.54) is 6.92 Å². The molecule has 1 aliphatic rings. The van der Waals surface area contributed by atoms with E-state index >= 15 is 0 Å². The Hall–Kier alpha value is -2.57. The van der Waals surface area contributed by atoms with Gasteiger partial charge in [0.15, 0.2) is 6.10 Å². The minimum Gasteiger partial charge on any atom is -0.497 e. The molecule has 1 aromatic rings. The molecule has 2 atom stereocenters. The molecular formula is C15H18N2O5. The van der Waals surface area contributed by atoms with Crippen LogP contribution in [0.15, 0.2) is 24.3 Å². The van der Waals surface area contributed by atoms with Crippen LogP contribution in [0.5, 0.6) is 5.75 Å². The quantitative estimate of drug-likeness (QED) is 0.786. The highest BCUT2D eigenvalue weighted by atomic mass is 16.5. The summed E-state index contributed by atoms with van der Waals surface area (Å²) in [7, 11) is 1.55. The third kappa shape index (κ3) is 3.97. The van der Waals surface area contributed by atoms with Crippen molar-refractivity contribution in [2.24, 2.45) is 0 Å². The van der Waals surface area contributed by atoms with Crippen molar-refractivity contribution in [2.75, 3.05) is 12.4 Å². The van der Waals surface area contributed by atoms with Crippen molar-refractivity contribution in [3.05, 3.63) is 24.3 Å². The lowest BCUT2D eigenvalue weighted by molar-refractivity contribution is -0.155. The molecule has 7 nitrogen and oxygen atoms in total. The molecular weight excluding hydrogens is 288 g/mol. The lowest BCUT2D eigenvalue weighted by atomic mass is 10.2. The number of rotatable bonds is 5. The van der Waals surface area contributed by atoms with Crippen LogP contribution in [0.2, 0.25) is 0 Å². The number of hydrogen-bond donors (Lipinski definition) is 2. The zero-order valence-electron chi connectivity index (χ0n) is 12.4. The minimum atomic E-state index is -0.952. The average Bonchev–Trinajstić information content (AvgIpc) is 2.94. The molecule has 0 spiro atoms. The summed E-state index contributed by atoms with van der Waals surface area (Å²) >= 11 is 0. The van der Waals surface area contributed by atoms with E-state index in [1.807, 2.05) is 0 Å². The maximum Gasteiger partial charge on any atom is 0.329 e. The van der Waals surface area contributed by atoms with Crippen molar-refractivity contribution in [1.29, 1.82) is 0 Å². The van der Waals surface area contributed by atoms with E-state index in [-0.39, 0.29) is 5.91 Å². The van der Waals surface area contributed by atoms with Gasteiger partial charge in [-0.2, -0.15) is 0 Å². The molecule has 7 heteroatoms. The first kappa shape index (κ1) is 15.8. The molecule has 0 aromatic heterocycles. The molecule has 2 amide bonds. The number of hydrogen-bond acceptors (Lipinski definition) is 5. The Kier molecular flexibility index (Phi) is 4.98. The van der Waals surface area contributed by atoms with Gasteiger partial charge in [-0.25, -0.2) is 4.79 Å². The summed E-state index contributed by atoms with van der Waals surface area (Å²) in [6.45, 7) is 1.48. The van der Waals surface area contributed by atoms with Crippen LogP contribution in [0, 0.1) is 0 Å². The van der Waals surface area contributed by atoms with Crippen molar-refractivity contribution in [3.8, 4) is 5.75 Å². The van der Waals surface area contributed by atoms with Gasteiger partial charge in [0, 0.05) is 12.1 Å². The van der Waals surface area contributed by atoms with Gasteiger partial charge < -0.3 is 20.1 Å². The fourth-order valence-corrected chi connectivity index (χ4v) is 2.02. The number of carbonyl (C=O) groups excluding carboxylic acids is 3. The number of amides is 2. The van der Waals surface area contributed by atoms with Crippen LogP contribution in [0.3, 0.4) is 0 Å². The molecule has 1 heterocycles. The van der Waals surface area contributed by atoms with Gasteiger partial charge in [-0.15, -0.1) is 0 Å². The summed E-state index contributed by atoms with van der Waals surface area (Å²) in [6.07, 6.45) is -0.261. The molecule has 0 saturated carbocycles. The van der Waals surface area contributed by atoms with Gasteiger partial charge in [-0.05, 0) is 37.6 Å². The van der Waals surface area contributed by atoms with E-state index in [0.717, 1.165) is 0 Å². The number of carbonyl (C=O) groups is 3. The predicted molar refractivity (Wildman–Crippen MR) is 78.3 cm³/mol. The third-order valence-electron chi connectivity index (χ3n) is 3.30. The number of methoxy groups -OCH3 is 1. The van der Waals surface area contributed by atoms with Crippen LogP contribution in [-0.2, 0) is 19.1 Å². The van der Waals surface area contributed by atoms with Crippen molar-refractivity contribution in [2.45, 2.75) is 31.9 Å². The predicted octanol–water partition coefficient (Wildman–Crippen LogP) is 0.844. The molecule has 118 valence electrons. The molecule has 1 saturated heterocycles. The lowest BCUT2D eigenvalue weighted by Gasteiger charge is -2.16. The summed E-state index contributed by atoms with van der Waals surface area (Å²) in [5, 5.41) is 5.14. The highest BCUT2D eigenvalue weighted by molar-refractivity contribution is 5.96. The molecule has 1 aromatic carbocycles. The number of anilines is 1. The third-order valence-corrected chi connectivity index (χ3v) is 3.30. The van der Waals surface area contributed by atoms with Crippen molar-refractivity contribution in [1.82, 2.24) is 5.32 Å². The summed E-state index contributed by atoms with van der Waals surface area (Å²) in [5.74, 6) is -0.544. The Labute approximate surface area is 128 Å². The van der Waals surface area contributed by atoms with Gasteiger partial charge >= 0.3 is 5.97 Å². The Morgan fingerprint density at radius 2 is 2.00 bits per heavy atom. The Morgan fingerprint density at radius 1 is 1.32 bits per heavy atom. The molecule has 1 fully saturated rings. The van der Waals surface area contributed by atoms with Crippen LogP contribution >= 0.6 is 0 Å². The molecule has 2 N–H and O–H groups in total. The van der Waals surface area contributed by atoms with Crippen LogP contribution in [-0.4, -0.2) is 37.0 Å². The van der Waals surface area contributed by atoms with Crippen molar-refractivity contribution >= 4 is 23.5 Å². The first-order valence-corrected chi connectivity index (χ1v) is 6.94. The van der Waals surface area contributed by atoms with E-state index < -0.39 is 24.0 Å². The zero-order chi connectivity index (χ0) is 16.1. The fraction of sp³-hybridized carbons (Fsp3) is 0.400. The van der Waals surface area contributed by atoms with E-state index in [2.05, 4.69) is 10.6 Å². The first-order valence-electron chi connectivity index (χ1n) is 6.94. The largest absolute Gasteiger partial charge is 0.497 e. The van der Waals surface area contributed by atoms with Gasteiger partial charge in [-0.1, -0.05) is 0 Å². The maximum absolute atomic E-state index is 12.0. The van der Waals surface area contributed by atoms with E-state index in [9.17, 15) is 14.4 Å². The van der Waals surface area contributed by atoms with E-state index in [1.54, 1.807) is 31.4 Å². The minimum absolute atomic E-state index is 0.183. The number of esters is 1. The van der Waals surface area contributed by atoms with Crippen molar-refractivity contribution < 1.29 is 23.9 Å². The Bertz CT molecular complexity index is 570. The number of nitrogens with one attached hydrogen (secondary N) is 2. The summed E-state index contributed by atoms with van der Waals surface area (Å²) in [6, 6.07) is 6.12. The molecule has 0 radical (unpaired) electrons. The molecule has 0 bridgehead atoms. The lowest BCUT2D eigenvalue weighted by Crippen LogP contribution is -2.39. The highest BCUT2D eigenvalue weighted by Gasteiger charge is 2.30. The van der Waals surface area contributed by atoms with Gasteiger partial charge in [0.25, 0.3) is 5.91 Å². The van der Waals surface area contributed by atoms with Crippen LogP contribution in [0.25, 0.3) is 0 Å². The van der Waals surface area contributed by atoms with Gasteiger partial charge in [-0.3, -0.25) is 9.59 Å². The summed E-state index contributed by atoms with van der Waals surface area (Å²) < 4.78 is 10.1. The van der Waals surface area contributed by atoms with Gasteiger partial charge in [0.05, 0.1) is 7.11 Å². The van der Waals surface area contributed by atoms with E-state index in [4.69, 9.17) is 9.47 Å². The average molecular weight is 306 g/mol. The topological polar surface area (TPSA) is 93.7 Å². The van der Waals surface area contributed by atoms with Gasteiger partial charge in [0.2, 0.25) is 5.91 Å². The SMILES string of the molecule is COc1ccc(NC(=O)[C@H](C)OC(=O)[C@H]2CCC(=O)N2)cc1. The molecule has 22 heavy (non-hydrogen) atoms. The first-order chi connectivity index (χ1) is 10.5. The van der Waals surface area contributed by atoms with Crippen LogP contribution in [0.1, 0.15) is 19.8 Å². The fourth-order valence-electron chi connectivity index (χ4n) is 2.02.